The zero-order valence-electron chi connectivity index (χ0n) is 21.2. The summed E-state index contributed by atoms with van der Waals surface area (Å²) >= 11 is 0. The van der Waals surface area contributed by atoms with E-state index in [1.807, 2.05) is 0 Å². The smallest absolute Gasteiger partial charge is 0.466 e. The van der Waals surface area contributed by atoms with Crippen molar-refractivity contribution in [3.8, 4) is 0 Å². The van der Waals surface area contributed by atoms with Crippen LogP contribution in [0.2, 0.25) is 0 Å². The fraction of sp³-hybridized carbons (Fsp3) is 0.885. The van der Waals surface area contributed by atoms with E-state index in [1.165, 1.54) is 64.2 Å². The second kappa shape index (κ2) is 24.8. The first kappa shape index (κ1) is 31.2. The molecule has 0 aliphatic heterocycles. The molecule has 0 aromatic rings. The van der Waals surface area contributed by atoms with Crippen LogP contribution in [0.15, 0.2) is 0 Å². The van der Waals surface area contributed by atoms with E-state index >= 15 is 0 Å². The molecule has 0 heterocycles. The molecule has 7 heteroatoms. The molecule has 0 aromatic carbocycles. The van der Waals surface area contributed by atoms with Crippen molar-refractivity contribution in [2.45, 2.75) is 123 Å². The van der Waals surface area contributed by atoms with E-state index in [9.17, 15) is 14.4 Å². The molecule has 0 radical (unpaired) electrons. The van der Waals surface area contributed by atoms with Crippen LogP contribution in [-0.2, 0) is 28.5 Å². The fourth-order valence-electron chi connectivity index (χ4n) is 3.25. The van der Waals surface area contributed by atoms with E-state index in [2.05, 4.69) is 13.8 Å². The Morgan fingerprint density at radius 1 is 0.424 bits per heavy atom. The Morgan fingerprint density at radius 3 is 1.21 bits per heavy atom. The Bertz CT molecular complexity index is 479. The second-order valence-corrected chi connectivity index (χ2v) is 8.48. The van der Waals surface area contributed by atoms with Crippen LogP contribution in [0.5, 0.6) is 0 Å². The molecule has 0 aliphatic carbocycles. The molecule has 194 valence electrons. The zero-order valence-corrected chi connectivity index (χ0v) is 21.2. The summed E-state index contributed by atoms with van der Waals surface area (Å²) in [7, 11) is 0. The van der Waals surface area contributed by atoms with Gasteiger partial charge < -0.3 is 18.9 Å². The van der Waals surface area contributed by atoms with Gasteiger partial charge in [0.15, 0.2) is 0 Å². The molecule has 0 unspecified atom stereocenters. The topological polar surface area (TPSA) is 88.1 Å². The minimum atomic E-state index is -0.684. The second-order valence-electron chi connectivity index (χ2n) is 8.48. The maximum Gasteiger partial charge on any atom is 0.508 e. The monoisotopic (exact) mass is 472 g/mol. The van der Waals surface area contributed by atoms with Gasteiger partial charge in [-0.1, -0.05) is 90.9 Å². The van der Waals surface area contributed by atoms with Crippen molar-refractivity contribution in [2.75, 3.05) is 26.4 Å². The zero-order chi connectivity index (χ0) is 24.4. The van der Waals surface area contributed by atoms with Crippen LogP contribution in [0.1, 0.15) is 123 Å². The lowest BCUT2D eigenvalue weighted by Gasteiger charge is -2.07. The van der Waals surface area contributed by atoms with Crippen molar-refractivity contribution in [2.24, 2.45) is 0 Å². The Labute approximate surface area is 201 Å². The fourth-order valence-corrected chi connectivity index (χ4v) is 3.25. The first-order chi connectivity index (χ1) is 16.1. The highest BCUT2D eigenvalue weighted by Crippen LogP contribution is 2.08. The van der Waals surface area contributed by atoms with Crippen molar-refractivity contribution >= 4 is 18.1 Å². The normalized spacial score (nSPS) is 10.6. The minimum absolute atomic E-state index is 0.00278. The lowest BCUT2D eigenvalue weighted by Crippen LogP contribution is -2.13. The van der Waals surface area contributed by atoms with E-state index in [1.54, 1.807) is 0 Å². The van der Waals surface area contributed by atoms with E-state index in [0.717, 1.165) is 25.7 Å². The average Bonchev–Trinajstić information content (AvgIpc) is 2.81. The quantitative estimate of drug-likeness (QED) is 0.0908. The summed E-state index contributed by atoms with van der Waals surface area (Å²) in [5, 5.41) is 0. The summed E-state index contributed by atoms with van der Waals surface area (Å²) in [6.07, 6.45) is 15.9. The van der Waals surface area contributed by atoms with Gasteiger partial charge in [-0.15, -0.1) is 0 Å². The number of unbranched alkanes of at least 4 members (excludes halogenated alkanes) is 12. The molecule has 0 aliphatic rings. The van der Waals surface area contributed by atoms with E-state index in [0.29, 0.717) is 19.6 Å². The Kier molecular flexibility index (Phi) is 23.5. The predicted molar refractivity (Wildman–Crippen MR) is 129 cm³/mol. The molecular formula is C26H48O7. The highest BCUT2D eigenvalue weighted by Gasteiger charge is 2.09. The summed E-state index contributed by atoms with van der Waals surface area (Å²) in [6.45, 7) is 5.44. The van der Waals surface area contributed by atoms with Gasteiger partial charge in [0.25, 0.3) is 0 Å². The van der Waals surface area contributed by atoms with Gasteiger partial charge in [-0.05, 0) is 12.8 Å². The number of esters is 2. The third kappa shape index (κ3) is 24.7. The van der Waals surface area contributed by atoms with Crippen molar-refractivity contribution < 1.29 is 33.3 Å². The molecule has 0 amide bonds. The van der Waals surface area contributed by atoms with E-state index in [-0.39, 0.29) is 32.0 Å². The Balaban J connectivity index is 3.42. The van der Waals surface area contributed by atoms with Gasteiger partial charge in [-0.2, -0.15) is 0 Å². The van der Waals surface area contributed by atoms with Crippen molar-refractivity contribution in [3.63, 3.8) is 0 Å². The van der Waals surface area contributed by atoms with Gasteiger partial charge in [0.1, 0.15) is 0 Å². The van der Waals surface area contributed by atoms with Gasteiger partial charge in [0, 0.05) is 6.42 Å². The molecule has 0 N–H and O–H groups in total. The number of hydrogen-bond acceptors (Lipinski definition) is 7. The molecule has 0 aromatic heterocycles. The summed E-state index contributed by atoms with van der Waals surface area (Å²) in [6, 6.07) is 0. The van der Waals surface area contributed by atoms with Crippen molar-refractivity contribution in [1.29, 1.82) is 0 Å². The Hall–Kier alpha value is -1.79. The van der Waals surface area contributed by atoms with Crippen LogP contribution in [0.4, 0.5) is 4.79 Å². The van der Waals surface area contributed by atoms with Gasteiger partial charge in [-0.3, -0.25) is 9.59 Å². The summed E-state index contributed by atoms with van der Waals surface area (Å²) < 4.78 is 20.1. The SMILES string of the molecule is CCCCCCCCCOC(=O)CCC(=O)OCCCOC(=O)OCCCCCCCCC. The first-order valence-corrected chi connectivity index (χ1v) is 13.2. The molecule has 0 fully saturated rings. The molecule has 0 bridgehead atoms. The number of rotatable bonds is 23. The molecule has 0 saturated heterocycles. The van der Waals surface area contributed by atoms with Crippen LogP contribution < -0.4 is 0 Å². The third-order valence-electron chi connectivity index (χ3n) is 5.28. The van der Waals surface area contributed by atoms with Crippen LogP contribution in [0.25, 0.3) is 0 Å². The standard InChI is InChI=1S/C26H48O7/c1-3-5-7-9-11-13-15-20-30-24(27)18-19-25(28)31-22-17-23-33-26(29)32-21-16-14-12-10-8-6-4-2/h3-23H2,1-2H3. The molecular weight excluding hydrogens is 424 g/mol. The van der Waals surface area contributed by atoms with E-state index < -0.39 is 12.1 Å². The van der Waals surface area contributed by atoms with Gasteiger partial charge in [-0.25, -0.2) is 4.79 Å². The van der Waals surface area contributed by atoms with Crippen molar-refractivity contribution in [1.82, 2.24) is 0 Å². The van der Waals surface area contributed by atoms with Gasteiger partial charge >= 0.3 is 18.1 Å². The highest BCUT2D eigenvalue weighted by molar-refractivity contribution is 5.77. The molecule has 0 spiro atoms. The highest BCUT2D eigenvalue weighted by atomic mass is 16.7. The maximum atomic E-state index is 11.7. The summed E-state index contributed by atoms with van der Waals surface area (Å²) in [4.78, 5) is 34.8. The molecule has 0 saturated carbocycles. The largest absolute Gasteiger partial charge is 0.508 e. The van der Waals surface area contributed by atoms with E-state index in [4.69, 9.17) is 18.9 Å². The van der Waals surface area contributed by atoms with Crippen LogP contribution in [0.3, 0.4) is 0 Å². The molecule has 0 rings (SSSR count). The summed E-state index contributed by atoms with van der Waals surface area (Å²) in [5.74, 6) is -0.825. The van der Waals surface area contributed by atoms with Gasteiger partial charge in [0.05, 0.1) is 39.3 Å². The number of ether oxygens (including phenoxy) is 4. The number of carbonyl (C=O) groups excluding carboxylic acids is 3. The molecule has 0 atom stereocenters. The summed E-state index contributed by atoms with van der Waals surface area (Å²) in [5.41, 5.74) is 0. The van der Waals surface area contributed by atoms with Crippen LogP contribution in [-0.4, -0.2) is 44.5 Å². The number of hydrogen-bond donors (Lipinski definition) is 0. The minimum Gasteiger partial charge on any atom is -0.466 e. The predicted octanol–water partition coefficient (Wildman–Crippen LogP) is 6.90. The molecule has 7 nitrogen and oxygen atoms in total. The van der Waals surface area contributed by atoms with Crippen LogP contribution >= 0.6 is 0 Å². The average molecular weight is 473 g/mol. The van der Waals surface area contributed by atoms with Gasteiger partial charge in [0.2, 0.25) is 0 Å². The maximum absolute atomic E-state index is 11.7. The lowest BCUT2D eigenvalue weighted by molar-refractivity contribution is -0.150. The molecule has 33 heavy (non-hydrogen) atoms. The third-order valence-corrected chi connectivity index (χ3v) is 5.28. The Morgan fingerprint density at radius 2 is 0.758 bits per heavy atom. The van der Waals surface area contributed by atoms with Crippen molar-refractivity contribution in [3.05, 3.63) is 0 Å². The lowest BCUT2D eigenvalue weighted by atomic mass is 10.1. The first-order valence-electron chi connectivity index (χ1n) is 13.2. The number of carbonyl (C=O) groups is 3. The van der Waals surface area contributed by atoms with Crippen LogP contribution in [0, 0.1) is 0 Å².